The fourth-order valence-electron chi connectivity index (χ4n) is 3.97. The first kappa shape index (κ1) is 21.4. The minimum Gasteiger partial charge on any atom is -0.455 e. The van der Waals surface area contributed by atoms with Gasteiger partial charge in [0.15, 0.2) is 5.76 Å². The summed E-state index contributed by atoms with van der Waals surface area (Å²) in [5, 5.41) is 0. The molecule has 1 amide bonds. The topological polar surface area (TPSA) is 53.8 Å². The molecular weight excluding hydrogens is 408 g/mol. The average molecular weight is 437 g/mol. The first-order valence-corrected chi connectivity index (χ1v) is 11.9. The molecule has 162 valence electrons. The van der Waals surface area contributed by atoms with E-state index in [0.717, 1.165) is 23.5 Å². The third-order valence-corrected chi connectivity index (χ3v) is 7.46. The number of rotatable bonds is 5. The maximum atomic E-state index is 12.9. The zero-order chi connectivity index (χ0) is 22.0. The molecule has 1 aliphatic heterocycles. The van der Waals surface area contributed by atoms with Crippen molar-refractivity contribution in [3.05, 3.63) is 82.8 Å². The summed E-state index contributed by atoms with van der Waals surface area (Å²) in [6, 6.07) is 17.4. The molecule has 0 aliphatic carbocycles. The summed E-state index contributed by atoms with van der Waals surface area (Å²) in [5.74, 6) is 1.04. The van der Waals surface area contributed by atoms with Gasteiger partial charge in [-0.2, -0.15) is 0 Å². The number of piperazine rings is 1. The van der Waals surface area contributed by atoms with E-state index >= 15 is 0 Å². The number of carbonyl (C=O) groups is 1. The summed E-state index contributed by atoms with van der Waals surface area (Å²) in [7, 11) is -1.21. The zero-order valence-electron chi connectivity index (χ0n) is 18.3. The number of aryl methyl sites for hydroxylation is 2. The summed E-state index contributed by atoms with van der Waals surface area (Å²) in [6.07, 6.45) is 0. The van der Waals surface area contributed by atoms with Crippen molar-refractivity contribution in [1.82, 2.24) is 4.90 Å². The zero-order valence-corrected chi connectivity index (χ0v) is 19.1. The van der Waals surface area contributed by atoms with E-state index < -0.39 is 10.8 Å². The van der Waals surface area contributed by atoms with Crippen LogP contribution < -0.4 is 4.90 Å². The summed E-state index contributed by atoms with van der Waals surface area (Å²) < 4.78 is 18.5. The fraction of sp³-hybridized carbons (Fsp3) is 0.320. The normalized spacial score (nSPS) is 15.2. The lowest BCUT2D eigenvalue weighted by Crippen LogP contribution is -2.49. The van der Waals surface area contributed by atoms with Crippen molar-refractivity contribution >= 4 is 22.4 Å². The Kier molecular flexibility index (Phi) is 6.28. The third-order valence-electron chi connectivity index (χ3n) is 5.97. The van der Waals surface area contributed by atoms with E-state index in [1.54, 1.807) is 12.1 Å². The minimum absolute atomic E-state index is 0.103. The number of benzene rings is 2. The second kappa shape index (κ2) is 9.10. The Hall–Kier alpha value is -2.86. The number of anilines is 1. The van der Waals surface area contributed by atoms with Crippen molar-refractivity contribution in [3.63, 3.8) is 0 Å². The van der Waals surface area contributed by atoms with Gasteiger partial charge in [0.05, 0.1) is 16.6 Å². The van der Waals surface area contributed by atoms with Gasteiger partial charge in [0.2, 0.25) is 0 Å². The van der Waals surface area contributed by atoms with Crippen LogP contribution in [-0.2, 0) is 16.6 Å². The van der Waals surface area contributed by atoms with Crippen molar-refractivity contribution in [2.45, 2.75) is 31.4 Å². The highest BCUT2D eigenvalue weighted by molar-refractivity contribution is 7.84. The predicted octanol–water partition coefficient (Wildman–Crippen LogP) is 4.48. The Labute approximate surface area is 186 Å². The summed E-state index contributed by atoms with van der Waals surface area (Å²) >= 11 is 0. The molecule has 0 radical (unpaired) electrons. The molecule has 1 saturated heterocycles. The molecule has 31 heavy (non-hydrogen) atoms. The first-order chi connectivity index (χ1) is 14.9. The van der Waals surface area contributed by atoms with E-state index in [0.29, 0.717) is 24.6 Å². The van der Waals surface area contributed by atoms with Gasteiger partial charge in [-0.1, -0.05) is 30.3 Å². The molecule has 0 N–H and O–H groups in total. The number of amides is 1. The molecule has 0 spiro atoms. The average Bonchev–Trinajstić information content (AvgIpc) is 3.24. The largest absolute Gasteiger partial charge is 0.455 e. The quantitative estimate of drug-likeness (QED) is 0.592. The monoisotopic (exact) mass is 436 g/mol. The molecule has 6 heteroatoms. The van der Waals surface area contributed by atoms with Gasteiger partial charge < -0.3 is 14.2 Å². The second-order valence-electron chi connectivity index (χ2n) is 8.02. The molecule has 2 aromatic carbocycles. The molecular formula is C25H28N2O3S. The number of hydrogen-bond acceptors (Lipinski definition) is 4. The van der Waals surface area contributed by atoms with Crippen LogP contribution in [0.1, 0.15) is 33.0 Å². The molecule has 0 unspecified atom stereocenters. The van der Waals surface area contributed by atoms with Crippen LogP contribution in [0.2, 0.25) is 0 Å². The molecule has 0 saturated carbocycles. The standard InChI is InChI=1S/C25H28N2O3S/c1-18-8-6-9-22(20(18)3)26-13-15-27(16-14-26)25(28)23-12-11-21(30-23)17-31(29)24-10-5-4-7-19(24)2/h4-12H,13-17H2,1-3H3/t31-/m0/s1. The maximum absolute atomic E-state index is 12.9. The lowest BCUT2D eigenvalue weighted by molar-refractivity contribution is 0.0713. The Morgan fingerprint density at radius 2 is 1.61 bits per heavy atom. The molecule has 5 nitrogen and oxygen atoms in total. The van der Waals surface area contributed by atoms with Gasteiger partial charge in [-0.25, -0.2) is 0 Å². The molecule has 4 rings (SSSR count). The lowest BCUT2D eigenvalue weighted by Gasteiger charge is -2.36. The number of nitrogens with zero attached hydrogens (tertiary/aromatic N) is 2. The van der Waals surface area contributed by atoms with Crippen LogP contribution in [0.5, 0.6) is 0 Å². The van der Waals surface area contributed by atoms with Crippen LogP contribution >= 0.6 is 0 Å². The van der Waals surface area contributed by atoms with Gasteiger partial charge in [-0.05, 0) is 61.7 Å². The van der Waals surface area contributed by atoms with Gasteiger partial charge in [0.1, 0.15) is 5.76 Å². The van der Waals surface area contributed by atoms with E-state index in [-0.39, 0.29) is 11.7 Å². The molecule has 1 atom stereocenters. The van der Waals surface area contributed by atoms with Crippen molar-refractivity contribution in [2.24, 2.45) is 0 Å². The van der Waals surface area contributed by atoms with E-state index in [2.05, 4.69) is 36.9 Å². The van der Waals surface area contributed by atoms with Gasteiger partial charge in [-0.3, -0.25) is 9.00 Å². The summed E-state index contributed by atoms with van der Waals surface area (Å²) in [6.45, 7) is 9.10. The van der Waals surface area contributed by atoms with E-state index in [9.17, 15) is 9.00 Å². The van der Waals surface area contributed by atoms with Crippen LogP contribution in [0.25, 0.3) is 0 Å². The molecule has 3 aromatic rings. The van der Waals surface area contributed by atoms with Crippen molar-refractivity contribution in [3.8, 4) is 0 Å². The summed E-state index contributed by atoms with van der Waals surface area (Å²) in [4.78, 5) is 17.9. The number of carbonyl (C=O) groups excluding carboxylic acids is 1. The highest BCUT2D eigenvalue weighted by Gasteiger charge is 2.25. The van der Waals surface area contributed by atoms with Crippen molar-refractivity contribution in [2.75, 3.05) is 31.1 Å². The lowest BCUT2D eigenvalue weighted by atomic mass is 10.1. The van der Waals surface area contributed by atoms with Gasteiger partial charge in [0, 0.05) is 36.8 Å². The van der Waals surface area contributed by atoms with Gasteiger partial charge >= 0.3 is 0 Å². The predicted molar refractivity (Wildman–Crippen MR) is 124 cm³/mol. The van der Waals surface area contributed by atoms with Crippen LogP contribution in [0, 0.1) is 20.8 Å². The molecule has 2 heterocycles. The van der Waals surface area contributed by atoms with Gasteiger partial charge in [-0.15, -0.1) is 0 Å². The second-order valence-corrected chi connectivity index (χ2v) is 9.44. The number of hydrogen-bond donors (Lipinski definition) is 0. The fourth-order valence-corrected chi connectivity index (χ4v) is 5.20. The molecule has 1 aromatic heterocycles. The number of furan rings is 1. The Bertz CT molecular complexity index is 1110. The highest BCUT2D eigenvalue weighted by atomic mass is 32.2. The Morgan fingerprint density at radius 1 is 0.903 bits per heavy atom. The smallest absolute Gasteiger partial charge is 0.289 e. The minimum atomic E-state index is -1.21. The molecule has 1 aliphatic rings. The van der Waals surface area contributed by atoms with E-state index in [1.165, 1.54) is 16.8 Å². The van der Waals surface area contributed by atoms with E-state index in [4.69, 9.17) is 4.42 Å². The summed E-state index contributed by atoms with van der Waals surface area (Å²) in [5.41, 5.74) is 4.80. The highest BCUT2D eigenvalue weighted by Crippen LogP contribution is 2.25. The van der Waals surface area contributed by atoms with E-state index in [1.807, 2.05) is 36.1 Å². The SMILES string of the molecule is Cc1ccccc1[S@@](=O)Cc1ccc(C(=O)N2CCN(c3cccc(C)c3C)CC2)o1. The van der Waals surface area contributed by atoms with Crippen LogP contribution in [-0.4, -0.2) is 41.2 Å². The Morgan fingerprint density at radius 3 is 2.35 bits per heavy atom. The molecule has 1 fully saturated rings. The van der Waals surface area contributed by atoms with Crippen LogP contribution in [0.3, 0.4) is 0 Å². The Balaban J connectivity index is 1.38. The van der Waals surface area contributed by atoms with Crippen molar-refractivity contribution < 1.29 is 13.4 Å². The van der Waals surface area contributed by atoms with Crippen LogP contribution in [0.15, 0.2) is 63.9 Å². The first-order valence-electron chi connectivity index (χ1n) is 10.6. The molecule has 0 bridgehead atoms. The third kappa shape index (κ3) is 4.59. The maximum Gasteiger partial charge on any atom is 0.289 e. The van der Waals surface area contributed by atoms with Crippen LogP contribution in [0.4, 0.5) is 5.69 Å². The van der Waals surface area contributed by atoms with Crippen molar-refractivity contribution in [1.29, 1.82) is 0 Å². The van der Waals surface area contributed by atoms with Gasteiger partial charge in [0.25, 0.3) is 5.91 Å².